The number of rotatable bonds is 7. The molecule has 0 fully saturated rings. The molecule has 0 aliphatic rings. The molecule has 2 N–H and O–H groups in total. The molecule has 25 heavy (non-hydrogen) atoms. The van der Waals surface area contributed by atoms with E-state index in [1.165, 1.54) is 31.2 Å². The first-order chi connectivity index (χ1) is 11.8. The Labute approximate surface area is 152 Å². The van der Waals surface area contributed by atoms with Crippen molar-refractivity contribution in [1.82, 2.24) is 4.72 Å². The van der Waals surface area contributed by atoms with Crippen LogP contribution in [-0.4, -0.2) is 27.0 Å². The molecular formula is C17H19ClN2O4S. The van der Waals surface area contributed by atoms with E-state index in [1.54, 1.807) is 24.3 Å². The smallest absolute Gasteiger partial charge is 0.242 e. The van der Waals surface area contributed by atoms with Crippen LogP contribution in [0.5, 0.6) is 5.75 Å². The van der Waals surface area contributed by atoms with Crippen molar-refractivity contribution in [2.75, 3.05) is 11.9 Å². The number of nitrogens with one attached hydrogen (secondary N) is 2. The maximum atomic E-state index is 12.3. The Hall–Kier alpha value is -2.09. The number of hydrogen-bond acceptors (Lipinski definition) is 4. The highest BCUT2D eigenvalue weighted by molar-refractivity contribution is 7.89. The fourth-order valence-corrected chi connectivity index (χ4v) is 3.39. The van der Waals surface area contributed by atoms with Gasteiger partial charge in [0.25, 0.3) is 0 Å². The van der Waals surface area contributed by atoms with Gasteiger partial charge in [0.1, 0.15) is 5.75 Å². The molecule has 0 heterocycles. The standard InChI is InChI=1S/C17H19ClN2O4S/c1-3-24-16-7-5-4-6-15(16)19-17(21)12(2)20-25(22,23)14-10-8-13(18)9-11-14/h4-12,20H,3H2,1-2H3,(H,19,21)/t12-/m1/s1. The minimum absolute atomic E-state index is 0.0336. The van der Waals surface area contributed by atoms with Crippen LogP contribution in [0.4, 0.5) is 5.69 Å². The van der Waals surface area contributed by atoms with Crippen molar-refractivity contribution in [3.63, 3.8) is 0 Å². The molecule has 2 aromatic rings. The quantitative estimate of drug-likeness (QED) is 0.770. The lowest BCUT2D eigenvalue weighted by Crippen LogP contribution is -2.41. The largest absolute Gasteiger partial charge is 0.492 e. The summed E-state index contributed by atoms with van der Waals surface area (Å²) >= 11 is 5.76. The molecule has 0 radical (unpaired) electrons. The summed E-state index contributed by atoms with van der Waals surface area (Å²) in [4.78, 5) is 12.4. The minimum Gasteiger partial charge on any atom is -0.492 e. The molecule has 0 saturated heterocycles. The monoisotopic (exact) mass is 382 g/mol. The Bertz CT molecular complexity index is 838. The second-order valence-electron chi connectivity index (χ2n) is 5.22. The lowest BCUT2D eigenvalue weighted by atomic mass is 10.2. The number of anilines is 1. The van der Waals surface area contributed by atoms with Crippen LogP contribution in [0.3, 0.4) is 0 Å². The van der Waals surface area contributed by atoms with Gasteiger partial charge >= 0.3 is 0 Å². The summed E-state index contributed by atoms with van der Waals surface area (Å²) in [6.07, 6.45) is 0. The Morgan fingerprint density at radius 3 is 2.44 bits per heavy atom. The van der Waals surface area contributed by atoms with Gasteiger partial charge in [-0.05, 0) is 50.2 Å². The van der Waals surface area contributed by atoms with Gasteiger partial charge in [-0.25, -0.2) is 8.42 Å². The summed E-state index contributed by atoms with van der Waals surface area (Å²) in [5.74, 6) is 0.0239. The van der Waals surface area contributed by atoms with E-state index in [0.717, 1.165) is 0 Å². The van der Waals surface area contributed by atoms with E-state index >= 15 is 0 Å². The van der Waals surface area contributed by atoms with Crippen LogP contribution >= 0.6 is 11.6 Å². The maximum absolute atomic E-state index is 12.3. The van der Waals surface area contributed by atoms with Crippen LogP contribution in [0, 0.1) is 0 Å². The minimum atomic E-state index is -3.83. The number of benzene rings is 2. The van der Waals surface area contributed by atoms with Crippen molar-refractivity contribution in [2.24, 2.45) is 0 Å². The summed E-state index contributed by atoms with van der Waals surface area (Å²) in [5.41, 5.74) is 0.479. The fourth-order valence-electron chi connectivity index (χ4n) is 2.06. The van der Waals surface area contributed by atoms with E-state index in [4.69, 9.17) is 16.3 Å². The van der Waals surface area contributed by atoms with Crippen LogP contribution in [0.1, 0.15) is 13.8 Å². The highest BCUT2D eigenvalue weighted by atomic mass is 35.5. The number of amides is 1. The van der Waals surface area contributed by atoms with Crippen molar-refractivity contribution in [2.45, 2.75) is 24.8 Å². The Morgan fingerprint density at radius 2 is 1.80 bits per heavy atom. The molecule has 8 heteroatoms. The number of halogens is 1. The highest BCUT2D eigenvalue weighted by Gasteiger charge is 2.22. The summed E-state index contributed by atoms with van der Waals surface area (Å²) in [6.45, 7) is 3.75. The van der Waals surface area contributed by atoms with Crippen molar-refractivity contribution in [3.05, 3.63) is 53.6 Å². The SMILES string of the molecule is CCOc1ccccc1NC(=O)[C@@H](C)NS(=O)(=O)c1ccc(Cl)cc1. The molecule has 0 aliphatic heterocycles. The van der Waals surface area contributed by atoms with Gasteiger partial charge < -0.3 is 10.1 Å². The molecule has 0 unspecified atom stereocenters. The fraction of sp³-hybridized carbons (Fsp3) is 0.235. The van der Waals surface area contributed by atoms with Gasteiger partial charge in [-0.2, -0.15) is 4.72 Å². The summed E-state index contributed by atoms with van der Waals surface area (Å²) < 4.78 is 32.4. The van der Waals surface area contributed by atoms with E-state index in [-0.39, 0.29) is 4.90 Å². The van der Waals surface area contributed by atoms with Crippen molar-refractivity contribution >= 4 is 33.2 Å². The van der Waals surface area contributed by atoms with Crippen LogP contribution in [0.25, 0.3) is 0 Å². The zero-order valence-corrected chi connectivity index (χ0v) is 15.4. The molecule has 1 amide bonds. The molecule has 0 bridgehead atoms. The lowest BCUT2D eigenvalue weighted by Gasteiger charge is -2.16. The second kappa shape index (κ2) is 8.33. The lowest BCUT2D eigenvalue weighted by molar-refractivity contribution is -0.117. The Kier molecular flexibility index (Phi) is 6.41. The second-order valence-corrected chi connectivity index (χ2v) is 7.37. The normalized spacial score (nSPS) is 12.4. The van der Waals surface area contributed by atoms with Crippen molar-refractivity contribution in [3.8, 4) is 5.75 Å². The molecule has 0 saturated carbocycles. The molecule has 1 atom stereocenters. The number of carbonyl (C=O) groups is 1. The van der Waals surface area contributed by atoms with Crippen molar-refractivity contribution in [1.29, 1.82) is 0 Å². The molecule has 0 aromatic heterocycles. The molecule has 2 aromatic carbocycles. The van der Waals surface area contributed by atoms with Gasteiger partial charge in [-0.15, -0.1) is 0 Å². The van der Waals surface area contributed by atoms with Gasteiger partial charge in [0.05, 0.1) is 23.2 Å². The van der Waals surface area contributed by atoms with Gasteiger partial charge in [-0.3, -0.25) is 4.79 Å². The van der Waals surface area contributed by atoms with E-state index in [9.17, 15) is 13.2 Å². The predicted molar refractivity (Wildman–Crippen MR) is 97.5 cm³/mol. The molecule has 0 aliphatic carbocycles. The molecule has 6 nitrogen and oxygen atoms in total. The van der Waals surface area contributed by atoms with E-state index < -0.39 is 22.0 Å². The van der Waals surface area contributed by atoms with Crippen LogP contribution in [0.15, 0.2) is 53.4 Å². The zero-order valence-electron chi connectivity index (χ0n) is 13.8. The average Bonchev–Trinajstić information content (AvgIpc) is 2.57. The number of sulfonamides is 1. The third kappa shape index (κ3) is 5.19. The van der Waals surface area contributed by atoms with Gasteiger partial charge in [0.15, 0.2) is 0 Å². The number of hydrogen-bond donors (Lipinski definition) is 2. The third-order valence-electron chi connectivity index (χ3n) is 3.29. The molecule has 134 valence electrons. The Morgan fingerprint density at radius 1 is 1.16 bits per heavy atom. The zero-order chi connectivity index (χ0) is 18.4. The first-order valence-electron chi connectivity index (χ1n) is 7.64. The number of ether oxygens (including phenoxy) is 1. The Balaban J connectivity index is 2.09. The van der Waals surface area contributed by atoms with Crippen LogP contribution in [0.2, 0.25) is 5.02 Å². The predicted octanol–water partition coefficient (Wildman–Crippen LogP) is 3.04. The maximum Gasteiger partial charge on any atom is 0.242 e. The summed E-state index contributed by atoms with van der Waals surface area (Å²) in [5, 5.41) is 3.09. The summed E-state index contributed by atoms with van der Waals surface area (Å²) in [7, 11) is -3.83. The third-order valence-corrected chi connectivity index (χ3v) is 5.10. The highest BCUT2D eigenvalue weighted by Crippen LogP contribution is 2.24. The number of carbonyl (C=O) groups excluding carboxylic acids is 1. The first-order valence-corrected chi connectivity index (χ1v) is 9.50. The van der Waals surface area contributed by atoms with Crippen LogP contribution in [-0.2, 0) is 14.8 Å². The molecule has 2 rings (SSSR count). The van der Waals surface area contributed by atoms with Gasteiger partial charge in [-0.1, -0.05) is 23.7 Å². The first kappa shape index (κ1) is 19.2. The van der Waals surface area contributed by atoms with Crippen LogP contribution < -0.4 is 14.8 Å². The topological polar surface area (TPSA) is 84.5 Å². The van der Waals surface area contributed by atoms with Crippen molar-refractivity contribution < 1.29 is 17.9 Å². The summed E-state index contributed by atoms with van der Waals surface area (Å²) in [6, 6.07) is 11.7. The van der Waals surface area contributed by atoms with Gasteiger partial charge in [0.2, 0.25) is 15.9 Å². The number of para-hydroxylation sites is 2. The average molecular weight is 383 g/mol. The van der Waals surface area contributed by atoms with E-state index in [1.807, 2.05) is 6.92 Å². The van der Waals surface area contributed by atoms with E-state index in [2.05, 4.69) is 10.0 Å². The van der Waals surface area contributed by atoms with Gasteiger partial charge in [0, 0.05) is 5.02 Å². The molecule has 0 spiro atoms. The molecular weight excluding hydrogens is 364 g/mol. The van der Waals surface area contributed by atoms with E-state index in [0.29, 0.717) is 23.1 Å².